The van der Waals surface area contributed by atoms with Crippen molar-refractivity contribution in [1.82, 2.24) is 10.2 Å². The van der Waals surface area contributed by atoms with Crippen molar-refractivity contribution >= 4 is 5.91 Å². The molecule has 2 rings (SSSR count). The molecule has 1 aromatic carbocycles. The molecule has 0 saturated carbocycles. The molecule has 0 bridgehead atoms. The first-order valence-corrected chi connectivity index (χ1v) is 6.88. The summed E-state index contributed by atoms with van der Waals surface area (Å²) in [6.07, 6.45) is 1.01. The molecule has 0 aliphatic carbocycles. The number of nitrogens with zero attached hydrogens (tertiary/aromatic N) is 1. The van der Waals surface area contributed by atoms with Crippen molar-refractivity contribution in [3.05, 3.63) is 35.4 Å². The van der Waals surface area contributed by atoms with Crippen LogP contribution in [0.5, 0.6) is 0 Å². The second kappa shape index (κ2) is 6.17. The second-order valence-corrected chi connectivity index (χ2v) is 5.51. The van der Waals surface area contributed by atoms with Crippen molar-refractivity contribution in [2.45, 2.75) is 25.9 Å². The molecule has 2 atom stereocenters. The van der Waals surface area contributed by atoms with E-state index in [0.29, 0.717) is 18.0 Å². The third-order valence-corrected chi connectivity index (χ3v) is 3.85. The first-order valence-electron chi connectivity index (χ1n) is 6.88. The van der Waals surface area contributed by atoms with Gasteiger partial charge in [0.2, 0.25) is 0 Å². The van der Waals surface area contributed by atoms with E-state index in [4.69, 9.17) is 5.73 Å². The Balaban J connectivity index is 2.00. The first kappa shape index (κ1) is 14.0. The molecule has 1 aliphatic heterocycles. The Morgan fingerprint density at radius 2 is 2.32 bits per heavy atom. The summed E-state index contributed by atoms with van der Waals surface area (Å²) >= 11 is 0. The van der Waals surface area contributed by atoms with E-state index < -0.39 is 0 Å². The van der Waals surface area contributed by atoms with Gasteiger partial charge in [-0.1, -0.05) is 19.1 Å². The Morgan fingerprint density at radius 3 is 3.00 bits per heavy atom. The average molecular weight is 261 g/mol. The summed E-state index contributed by atoms with van der Waals surface area (Å²) < 4.78 is 0. The predicted molar refractivity (Wildman–Crippen MR) is 76.9 cm³/mol. The van der Waals surface area contributed by atoms with Crippen molar-refractivity contribution < 1.29 is 4.79 Å². The van der Waals surface area contributed by atoms with Crippen LogP contribution in [0.25, 0.3) is 0 Å². The summed E-state index contributed by atoms with van der Waals surface area (Å²) in [7, 11) is 2.12. The molecule has 0 aromatic heterocycles. The van der Waals surface area contributed by atoms with Gasteiger partial charge in [-0.2, -0.15) is 0 Å². The van der Waals surface area contributed by atoms with Gasteiger partial charge in [-0.3, -0.25) is 4.79 Å². The van der Waals surface area contributed by atoms with Crippen LogP contribution in [0.3, 0.4) is 0 Å². The SMILES string of the molecule is CC1CN(C)CCC1NC(=O)c1cccc(CN)c1. The molecular weight excluding hydrogens is 238 g/mol. The van der Waals surface area contributed by atoms with Gasteiger partial charge in [0, 0.05) is 24.7 Å². The van der Waals surface area contributed by atoms with Gasteiger partial charge >= 0.3 is 0 Å². The topological polar surface area (TPSA) is 58.4 Å². The minimum absolute atomic E-state index is 0.0108. The van der Waals surface area contributed by atoms with Crippen molar-refractivity contribution in [1.29, 1.82) is 0 Å². The van der Waals surface area contributed by atoms with Crippen molar-refractivity contribution in [3.63, 3.8) is 0 Å². The molecule has 1 fully saturated rings. The van der Waals surface area contributed by atoms with E-state index in [9.17, 15) is 4.79 Å². The molecule has 4 nitrogen and oxygen atoms in total. The Kier molecular flexibility index (Phi) is 4.56. The fraction of sp³-hybridized carbons (Fsp3) is 0.533. The summed E-state index contributed by atoms with van der Waals surface area (Å²) in [5, 5.41) is 3.15. The lowest BCUT2D eigenvalue weighted by atomic mass is 9.94. The monoisotopic (exact) mass is 261 g/mol. The smallest absolute Gasteiger partial charge is 0.251 e. The standard InChI is InChI=1S/C15H23N3O/c1-11-10-18(2)7-6-14(11)17-15(19)13-5-3-4-12(8-13)9-16/h3-5,8,11,14H,6-7,9-10,16H2,1-2H3,(H,17,19). The zero-order chi connectivity index (χ0) is 13.8. The number of rotatable bonds is 3. The number of amides is 1. The Hall–Kier alpha value is -1.39. The van der Waals surface area contributed by atoms with Crippen LogP contribution in [-0.4, -0.2) is 37.0 Å². The molecule has 1 aliphatic rings. The maximum atomic E-state index is 12.2. The molecular formula is C15H23N3O. The molecule has 1 aromatic rings. The molecule has 19 heavy (non-hydrogen) atoms. The van der Waals surface area contributed by atoms with Gasteiger partial charge in [-0.05, 0) is 43.6 Å². The van der Waals surface area contributed by atoms with Crippen LogP contribution in [0, 0.1) is 5.92 Å². The molecule has 3 N–H and O–H groups in total. The summed E-state index contributed by atoms with van der Waals surface area (Å²) in [5.74, 6) is 0.497. The van der Waals surface area contributed by atoms with Gasteiger partial charge in [0.25, 0.3) is 5.91 Å². The van der Waals surface area contributed by atoms with Gasteiger partial charge in [0.15, 0.2) is 0 Å². The fourth-order valence-corrected chi connectivity index (χ4v) is 2.66. The van der Waals surface area contributed by atoms with Crippen LogP contribution in [0.15, 0.2) is 24.3 Å². The van der Waals surface area contributed by atoms with Crippen LogP contribution in [-0.2, 0) is 6.54 Å². The zero-order valence-electron chi connectivity index (χ0n) is 11.7. The van der Waals surface area contributed by atoms with E-state index in [-0.39, 0.29) is 11.9 Å². The Morgan fingerprint density at radius 1 is 1.53 bits per heavy atom. The van der Waals surface area contributed by atoms with Gasteiger partial charge in [-0.25, -0.2) is 0 Å². The van der Waals surface area contributed by atoms with Gasteiger partial charge < -0.3 is 16.0 Å². The lowest BCUT2D eigenvalue weighted by Gasteiger charge is -2.35. The number of carbonyl (C=O) groups is 1. The number of carbonyl (C=O) groups excluding carboxylic acids is 1. The highest BCUT2D eigenvalue weighted by molar-refractivity contribution is 5.94. The third kappa shape index (κ3) is 3.55. The largest absolute Gasteiger partial charge is 0.349 e. The molecule has 4 heteroatoms. The fourth-order valence-electron chi connectivity index (χ4n) is 2.66. The van der Waals surface area contributed by atoms with Crippen LogP contribution in [0.4, 0.5) is 0 Å². The third-order valence-electron chi connectivity index (χ3n) is 3.85. The van der Waals surface area contributed by atoms with Crippen LogP contribution >= 0.6 is 0 Å². The van der Waals surface area contributed by atoms with Crippen LogP contribution in [0.1, 0.15) is 29.3 Å². The highest BCUT2D eigenvalue weighted by Gasteiger charge is 2.25. The zero-order valence-corrected chi connectivity index (χ0v) is 11.7. The van der Waals surface area contributed by atoms with Crippen LogP contribution < -0.4 is 11.1 Å². The minimum atomic E-state index is 0.0108. The van der Waals surface area contributed by atoms with E-state index in [1.165, 1.54) is 0 Å². The number of hydrogen-bond donors (Lipinski definition) is 2. The van der Waals surface area contributed by atoms with E-state index in [0.717, 1.165) is 25.1 Å². The lowest BCUT2D eigenvalue weighted by molar-refractivity contribution is 0.0883. The van der Waals surface area contributed by atoms with Gasteiger partial charge in [-0.15, -0.1) is 0 Å². The van der Waals surface area contributed by atoms with Crippen LogP contribution in [0.2, 0.25) is 0 Å². The predicted octanol–water partition coefficient (Wildman–Crippen LogP) is 1.22. The number of likely N-dealkylation sites (tertiary alicyclic amines) is 1. The maximum Gasteiger partial charge on any atom is 0.251 e. The average Bonchev–Trinajstić information content (AvgIpc) is 2.42. The first-order chi connectivity index (χ1) is 9.10. The highest BCUT2D eigenvalue weighted by atomic mass is 16.1. The Labute approximate surface area is 115 Å². The number of benzene rings is 1. The quantitative estimate of drug-likeness (QED) is 0.860. The number of nitrogens with two attached hydrogens (primary N) is 1. The van der Waals surface area contributed by atoms with Gasteiger partial charge in [0.1, 0.15) is 0 Å². The number of hydrogen-bond acceptors (Lipinski definition) is 3. The van der Waals surface area contributed by atoms with E-state index >= 15 is 0 Å². The lowest BCUT2D eigenvalue weighted by Crippen LogP contribution is -2.48. The number of piperidine rings is 1. The number of nitrogens with one attached hydrogen (secondary N) is 1. The van der Waals surface area contributed by atoms with Crippen molar-refractivity contribution in [2.75, 3.05) is 20.1 Å². The van der Waals surface area contributed by atoms with Crippen molar-refractivity contribution in [2.24, 2.45) is 11.7 Å². The normalized spacial score (nSPS) is 24.2. The van der Waals surface area contributed by atoms with Crippen molar-refractivity contribution in [3.8, 4) is 0 Å². The van der Waals surface area contributed by atoms with Gasteiger partial charge in [0.05, 0.1) is 0 Å². The summed E-state index contributed by atoms with van der Waals surface area (Å²) in [4.78, 5) is 14.6. The molecule has 1 amide bonds. The summed E-state index contributed by atoms with van der Waals surface area (Å²) in [6.45, 7) is 4.73. The molecule has 2 unspecified atom stereocenters. The maximum absolute atomic E-state index is 12.2. The summed E-state index contributed by atoms with van der Waals surface area (Å²) in [6, 6.07) is 7.80. The molecule has 104 valence electrons. The van der Waals surface area contributed by atoms with E-state index in [2.05, 4.69) is 24.2 Å². The second-order valence-electron chi connectivity index (χ2n) is 5.51. The van der Waals surface area contributed by atoms with E-state index in [1.54, 1.807) is 0 Å². The highest BCUT2D eigenvalue weighted by Crippen LogP contribution is 2.16. The summed E-state index contributed by atoms with van der Waals surface area (Å²) in [5.41, 5.74) is 7.30. The Bertz CT molecular complexity index is 447. The molecule has 0 radical (unpaired) electrons. The van der Waals surface area contributed by atoms with E-state index in [1.807, 2.05) is 24.3 Å². The molecule has 1 saturated heterocycles. The molecule has 0 spiro atoms. The molecule has 1 heterocycles. The minimum Gasteiger partial charge on any atom is -0.349 e.